The van der Waals surface area contributed by atoms with E-state index in [9.17, 15) is 24.8 Å². The predicted molar refractivity (Wildman–Crippen MR) is 164 cm³/mol. The summed E-state index contributed by atoms with van der Waals surface area (Å²) in [6, 6.07) is 24.6. The third-order valence-corrected chi connectivity index (χ3v) is 8.30. The van der Waals surface area contributed by atoms with Crippen molar-refractivity contribution >= 4 is 55.5 Å². The average molecular weight is 565 g/mol. The largest absolute Gasteiger partial charge is 0.394 e. The Balaban J connectivity index is 1.03. The van der Waals surface area contributed by atoms with Gasteiger partial charge < -0.3 is 20.2 Å². The Morgan fingerprint density at radius 2 is 1.50 bits per heavy atom. The van der Waals surface area contributed by atoms with Crippen LogP contribution >= 0.6 is 0 Å². The van der Waals surface area contributed by atoms with Crippen LogP contribution in [0.5, 0.6) is 0 Å². The van der Waals surface area contributed by atoms with Crippen molar-refractivity contribution in [1.82, 2.24) is 10.2 Å². The maximum absolute atomic E-state index is 13.1. The molecule has 1 heterocycles. The van der Waals surface area contributed by atoms with Crippen LogP contribution in [0.4, 0.5) is 11.4 Å². The van der Waals surface area contributed by atoms with Crippen molar-refractivity contribution in [2.45, 2.75) is 25.3 Å². The van der Waals surface area contributed by atoms with Crippen LogP contribution < -0.4 is 10.2 Å². The van der Waals surface area contributed by atoms with Crippen LogP contribution in [0.2, 0.25) is 0 Å². The van der Waals surface area contributed by atoms with E-state index in [-0.39, 0.29) is 23.9 Å². The number of benzene rings is 5. The Morgan fingerprint density at radius 3 is 2.17 bits per heavy atom. The highest BCUT2D eigenvalue weighted by Crippen LogP contribution is 2.36. The Kier molecular flexibility index (Phi) is 7.58. The number of carbonyl (C=O) groups excluding carboxylic acids is 2. The molecule has 1 unspecified atom stereocenters. The second-order valence-corrected chi connectivity index (χ2v) is 10.8. The van der Waals surface area contributed by atoms with Crippen molar-refractivity contribution < 1.29 is 19.6 Å². The van der Waals surface area contributed by atoms with Gasteiger partial charge in [0.2, 0.25) is 11.8 Å². The Hall–Kier alpha value is -4.76. The van der Waals surface area contributed by atoms with E-state index in [1.807, 2.05) is 0 Å². The standard InChI is InChI=1S/C33H32N4O5/c38-21-29(33(40)36-19-17-35(18-20-36)26-12-14-27(15-13-26)37(41)42)34-30(39)6-2-3-22-7-8-25-10-9-23-4-1-5-24-11-16-28(22)32(25)31(23)24/h1,4-5,7-16,29,38H,2-3,6,17-21H2,(H,34,39). The zero-order valence-electron chi connectivity index (χ0n) is 23.2. The first-order valence-corrected chi connectivity index (χ1v) is 14.3. The topological polar surface area (TPSA) is 116 Å². The number of anilines is 1. The quantitative estimate of drug-likeness (QED) is 0.153. The molecule has 2 N–H and O–H groups in total. The van der Waals surface area contributed by atoms with Crippen molar-refractivity contribution in [3.8, 4) is 0 Å². The number of aryl methyl sites for hydroxylation is 1. The molecule has 1 aliphatic rings. The summed E-state index contributed by atoms with van der Waals surface area (Å²) >= 11 is 0. The van der Waals surface area contributed by atoms with Gasteiger partial charge in [-0.25, -0.2) is 0 Å². The number of rotatable bonds is 9. The van der Waals surface area contributed by atoms with Gasteiger partial charge in [0.1, 0.15) is 6.04 Å². The van der Waals surface area contributed by atoms with Crippen molar-refractivity contribution in [1.29, 1.82) is 0 Å². The number of nitrogens with one attached hydrogen (secondary N) is 1. The van der Waals surface area contributed by atoms with Gasteiger partial charge in [-0.05, 0) is 62.9 Å². The van der Waals surface area contributed by atoms with Crippen LogP contribution in [-0.4, -0.2) is 65.6 Å². The molecule has 1 fully saturated rings. The molecule has 0 aliphatic carbocycles. The molecule has 42 heavy (non-hydrogen) atoms. The van der Waals surface area contributed by atoms with Crippen LogP contribution in [0.1, 0.15) is 18.4 Å². The SMILES string of the molecule is O=C(CCCc1ccc2ccc3cccc4ccc1c2c34)NC(CO)C(=O)N1CCN(c2ccc([N+](=O)[O-])cc2)CC1. The van der Waals surface area contributed by atoms with Gasteiger partial charge in [-0.3, -0.25) is 19.7 Å². The molecule has 6 rings (SSSR count). The van der Waals surface area contributed by atoms with Gasteiger partial charge in [0, 0.05) is 50.4 Å². The van der Waals surface area contributed by atoms with Gasteiger partial charge in [0.25, 0.3) is 5.69 Å². The average Bonchev–Trinajstić information content (AvgIpc) is 3.03. The Bertz CT molecular complexity index is 1750. The highest BCUT2D eigenvalue weighted by Gasteiger charge is 2.28. The van der Waals surface area contributed by atoms with E-state index >= 15 is 0 Å². The number of hydrogen-bond acceptors (Lipinski definition) is 6. The van der Waals surface area contributed by atoms with Crippen molar-refractivity contribution in [3.63, 3.8) is 0 Å². The summed E-state index contributed by atoms with van der Waals surface area (Å²) in [7, 11) is 0. The predicted octanol–water partition coefficient (Wildman–Crippen LogP) is 4.64. The fourth-order valence-corrected chi connectivity index (χ4v) is 6.10. The van der Waals surface area contributed by atoms with Crippen LogP contribution in [-0.2, 0) is 16.0 Å². The summed E-state index contributed by atoms with van der Waals surface area (Å²) in [6.07, 6.45) is 1.60. The molecule has 0 bridgehead atoms. The molecule has 1 aliphatic heterocycles. The summed E-state index contributed by atoms with van der Waals surface area (Å²) in [5, 5.41) is 30.9. The highest BCUT2D eigenvalue weighted by atomic mass is 16.6. The van der Waals surface area contributed by atoms with Crippen LogP contribution in [0.15, 0.2) is 78.9 Å². The molecule has 214 valence electrons. The molecule has 1 atom stereocenters. The lowest BCUT2D eigenvalue weighted by Crippen LogP contribution is -2.56. The number of carbonyl (C=O) groups is 2. The monoisotopic (exact) mass is 564 g/mol. The minimum Gasteiger partial charge on any atom is -0.394 e. The smallest absolute Gasteiger partial charge is 0.269 e. The van der Waals surface area contributed by atoms with E-state index in [0.717, 1.165) is 12.1 Å². The first kappa shape index (κ1) is 27.4. The lowest BCUT2D eigenvalue weighted by atomic mass is 9.90. The zero-order valence-corrected chi connectivity index (χ0v) is 23.2. The lowest BCUT2D eigenvalue weighted by molar-refractivity contribution is -0.384. The fourth-order valence-electron chi connectivity index (χ4n) is 6.10. The van der Waals surface area contributed by atoms with E-state index in [2.05, 4.69) is 64.8 Å². The van der Waals surface area contributed by atoms with E-state index < -0.39 is 17.6 Å². The van der Waals surface area contributed by atoms with Crippen molar-refractivity contribution in [3.05, 3.63) is 94.5 Å². The van der Waals surface area contributed by atoms with Crippen molar-refractivity contribution in [2.24, 2.45) is 0 Å². The van der Waals surface area contributed by atoms with E-state index in [1.165, 1.54) is 50.0 Å². The van der Waals surface area contributed by atoms with Gasteiger partial charge in [-0.2, -0.15) is 0 Å². The maximum Gasteiger partial charge on any atom is 0.269 e. The van der Waals surface area contributed by atoms with Gasteiger partial charge in [-0.15, -0.1) is 0 Å². The second kappa shape index (κ2) is 11.6. The number of aliphatic hydroxyl groups is 1. The van der Waals surface area contributed by atoms with E-state index in [4.69, 9.17) is 0 Å². The molecule has 9 nitrogen and oxygen atoms in total. The molecule has 1 saturated heterocycles. The summed E-state index contributed by atoms with van der Waals surface area (Å²) in [4.78, 5) is 40.1. The number of amides is 2. The number of piperazine rings is 1. The minimum absolute atomic E-state index is 0.0324. The third-order valence-electron chi connectivity index (χ3n) is 8.30. The Morgan fingerprint density at radius 1 is 0.857 bits per heavy atom. The highest BCUT2D eigenvalue weighted by molar-refractivity contribution is 6.23. The van der Waals surface area contributed by atoms with Gasteiger partial charge in [0.15, 0.2) is 0 Å². The lowest BCUT2D eigenvalue weighted by Gasteiger charge is -2.37. The molecular formula is C33H32N4O5. The normalized spacial score (nSPS) is 14.5. The summed E-state index contributed by atoms with van der Waals surface area (Å²) in [5.41, 5.74) is 2.07. The molecule has 9 heteroatoms. The first-order valence-electron chi connectivity index (χ1n) is 14.3. The molecule has 0 saturated carbocycles. The minimum atomic E-state index is -0.988. The number of nitrogens with zero attached hydrogens (tertiary/aromatic N) is 3. The van der Waals surface area contributed by atoms with E-state index in [1.54, 1.807) is 17.0 Å². The molecule has 5 aromatic rings. The number of non-ortho nitro benzene ring substituents is 1. The van der Waals surface area contributed by atoms with Gasteiger partial charge in [-0.1, -0.05) is 54.6 Å². The van der Waals surface area contributed by atoms with Gasteiger partial charge >= 0.3 is 0 Å². The van der Waals surface area contributed by atoms with Gasteiger partial charge in [0.05, 0.1) is 11.5 Å². The van der Waals surface area contributed by atoms with Crippen LogP contribution in [0.3, 0.4) is 0 Å². The fraction of sp³-hybridized carbons (Fsp3) is 0.273. The summed E-state index contributed by atoms with van der Waals surface area (Å²) in [5.74, 6) is -0.564. The molecule has 2 amide bonds. The molecular weight excluding hydrogens is 532 g/mol. The van der Waals surface area contributed by atoms with E-state index in [0.29, 0.717) is 32.6 Å². The summed E-state index contributed by atoms with van der Waals surface area (Å²) < 4.78 is 0. The maximum atomic E-state index is 13.1. The van der Waals surface area contributed by atoms with Crippen molar-refractivity contribution in [2.75, 3.05) is 37.7 Å². The third kappa shape index (κ3) is 5.31. The number of hydrogen-bond donors (Lipinski definition) is 2. The first-order chi connectivity index (χ1) is 20.4. The number of aliphatic hydroxyl groups excluding tert-OH is 1. The molecule has 0 spiro atoms. The molecule has 0 aromatic heterocycles. The second-order valence-electron chi connectivity index (χ2n) is 10.8. The molecule has 0 radical (unpaired) electrons. The summed E-state index contributed by atoms with van der Waals surface area (Å²) in [6.45, 7) is 1.49. The number of nitro groups is 1. The number of nitro benzene ring substituents is 1. The molecule has 5 aromatic carbocycles. The van der Waals surface area contributed by atoms with Crippen LogP contribution in [0.25, 0.3) is 32.3 Å². The van der Waals surface area contributed by atoms with Crippen LogP contribution in [0, 0.1) is 10.1 Å². The zero-order chi connectivity index (χ0) is 29.2. The Labute approximate surface area is 242 Å².